The van der Waals surface area contributed by atoms with Crippen molar-refractivity contribution in [3.63, 3.8) is 0 Å². The van der Waals surface area contributed by atoms with E-state index in [-0.39, 0.29) is 15.8 Å². The highest BCUT2D eigenvalue weighted by Crippen LogP contribution is 2.35. The Kier molecular flexibility index (Phi) is 6.06. The van der Waals surface area contributed by atoms with Crippen LogP contribution in [0, 0.1) is 6.92 Å². The van der Waals surface area contributed by atoms with Gasteiger partial charge in [0.25, 0.3) is 0 Å². The number of oxazole rings is 1. The second-order valence-electron chi connectivity index (χ2n) is 8.27. The summed E-state index contributed by atoms with van der Waals surface area (Å²) in [6, 6.07) is 23.8. The van der Waals surface area contributed by atoms with Gasteiger partial charge >= 0.3 is 0 Å². The Morgan fingerprint density at radius 2 is 1.53 bits per heavy atom. The summed E-state index contributed by atoms with van der Waals surface area (Å²) in [6.45, 7) is 4.58. The quantitative estimate of drug-likeness (QED) is 0.367. The first-order chi connectivity index (χ1) is 16.4. The standard InChI is InChI=1S/C26H24ClN3O3S/c1-19-10-12-20(13-11-19)24-28-25(34(31,32)23-8-3-2-4-9-23)26(33-24)30-16-14-29(15-17-30)22-7-5-6-21(27)18-22/h2-13,18H,14-17H2,1H3. The van der Waals surface area contributed by atoms with Gasteiger partial charge in [-0.1, -0.05) is 53.6 Å². The number of hydrogen-bond acceptors (Lipinski definition) is 6. The van der Waals surface area contributed by atoms with Crippen LogP contribution < -0.4 is 9.80 Å². The molecule has 0 radical (unpaired) electrons. The summed E-state index contributed by atoms with van der Waals surface area (Å²) in [5.41, 5.74) is 2.88. The lowest BCUT2D eigenvalue weighted by Crippen LogP contribution is -2.46. The van der Waals surface area contributed by atoms with Crippen molar-refractivity contribution in [1.82, 2.24) is 4.98 Å². The maximum atomic E-state index is 13.5. The van der Waals surface area contributed by atoms with Crippen LogP contribution in [0.3, 0.4) is 0 Å². The van der Waals surface area contributed by atoms with Gasteiger partial charge in [-0.15, -0.1) is 0 Å². The first kappa shape index (κ1) is 22.5. The highest BCUT2D eigenvalue weighted by atomic mass is 35.5. The van der Waals surface area contributed by atoms with E-state index in [1.54, 1.807) is 30.3 Å². The van der Waals surface area contributed by atoms with Crippen molar-refractivity contribution >= 4 is 33.0 Å². The van der Waals surface area contributed by atoms with Crippen LogP contribution in [0.25, 0.3) is 11.5 Å². The molecule has 0 amide bonds. The van der Waals surface area contributed by atoms with Crippen molar-refractivity contribution in [3.05, 3.63) is 89.4 Å². The maximum absolute atomic E-state index is 13.5. The van der Waals surface area contributed by atoms with Crippen LogP contribution in [-0.2, 0) is 9.84 Å². The summed E-state index contributed by atoms with van der Waals surface area (Å²) in [7, 11) is -3.86. The van der Waals surface area contributed by atoms with Gasteiger partial charge in [-0.2, -0.15) is 4.98 Å². The minimum atomic E-state index is -3.86. The van der Waals surface area contributed by atoms with Gasteiger partial charge in [-0.25, -0.2) is 8.42 Å². The minimum Gasteiger partial charge on any atom is -0.419 e. The van der Waals surface area contributed by atoms with Crippen molar-refractivity contribution in [3.8, 4) is 11.5 Å². The molecule has 1 aromatic heterocycles. The predicted octanol–water partition coefficient (Wildman–Crippen LogP) is 5.46. The van der Waals surface area contributed by atoms with Crippen molar-refractivity contribution in [2.45, 2.75) is 16.8 Å². The third-order valence-corrected chi connectivity index (χ3v) is 7.83. The number of hydrogen-bond donors (Lipinski definition) is 0. The molecule has 1 saturated heterocycles. The predicted molar refractivity (Wildman–Crippen MR) is 134 cm³/mol. The molecular formula is C26H24ClN3O3S. The summed E-state index contributed by atoms with van der Waals surface area (Å²) < 4.78 is 33.2. The number of aromatic nitrogens is 1. The Balaban J connectivity index is 1.50. The molecule has 4 aromatic rings. The third kappa shape index (κ3) is 4.41. The number of piperazine rings is 1. The monoisotopic (exact) mass is 493 g/mol. The number of halogens is 1. The molecule has 0 atom stereocenters. The zero-order valence-corrected chi connectivity index (χ0v) is 20.3. The van der Waals surface area contributed by atoms with Gasteiger partial charge in [0.1, 0.15) is 0 Å². The van der Waals surface area contributed by atoms with Gasteiger partial charge in [0, 0.05) is 42.5 Å². The molecule has 0 aliphatic carbocycles. The van der Waals surface area contributed by atoms with Gasteiger partial charge in [0.15, 0.2) is 0 Å². The summed E-state index contributed by atoms with van der Waals surface area (Å²) in [5.74, 6) is 0.576. The molecule has 0 bridgehead atoms. The highest BCUT2D eigenvalue weighted by molar-refractivity contribution is 7.91. The van der Waals surface area contributed by atoms with E-state index < -0.39 is 9.84 Å². The van der Waals surface area contributed by atoms with E-state index in [0.717, 1.165) is 16.8 Å². The number of rotatable bonds is 5. The fourth-order valence-corrected chi connectivity index (χ4v) is 5.57. The van der Waals surface area contributed by atoms with Gasteiger partial charge in [-0.05, 0) is 49.4 Å². The zero-order chi connectivity index (χ0) is 23.7. The Morgan fingerprint density at radius 3 is 2.21 bits per heavy atom. The second-order valence-corrected chi connectivity index (χ2v) is 10.6. The minimum absolute atomic E-state index is 0.0505. The van der Waals surface area contributed by atoms with E-state index in [4.69, 9.17) is 16.0 Å². The van der Waals surface area contributed by atoms with Crippen LogP contribution in [-0.4, -0.2) is 39.6 Å². The van der Waals surface area contributed by atoms with Crippen molar-refractivity contribution < 1.29 is 12.8 Å². The lowest BCUT2D eigenvalue weighted by atomic mass is 10.1. The summed E-state index contributed by atoms with van der Waals surface area (Å²) >= 11 is 6.16. The van der Waals surface area contributed by atoms with E-state index in [2.05, 4.69) is 9.88 Å². The Hall–Kier alpha value is -3.29. The van der Waals surface area contributed by atoms with E-state index in [1.165, 1.54) is 0 Å². The highest BCUT2D eigenvalue weighted by Gasteiger charge is 2.32. The number of benzene rings is 3. The summed E-state index contributed by atoms with van der Waals surface area (Å²) in [4.78, 5) is 8.87. The largest absolute Gasteiger partial charge is 0.419 e. The fraction of sp³-hybridized carbons (Fsp3) is 0.192. The van der Waals surface area contributed by atoms with E-state index in [1.807, 2.05) is 60.4 Å². The van der Waals surface area contributed by atoms with Crippen LogP contribution in [0.1, 0.15) is 5.56 Å². The average Bonchev–Trinajstić information content (AvgIpc) is 3.32. The smallest absolute Gasteiger partial charge is 0.236 e. The lowest BCUT2D eigenvalue weighted by Gasteiger charge is -2.36. The molecular weight excluding hydrogens is 470 g/mol. The molecule has 0 unspecified atom stereocenters. The molecule has 3 aromatic carbocycles. The molecule has 6 nitrogen and oxygen atoms in total. The van der Waals surface area contributed by atoms with Crippen molar-refractivity contribution in [2.75, 3.05) is 36.0 Å². The molecule has 1 aliphatic rings. The fourth-order valence-electron chi connectivity index (χ4n) is 4.04. The second kappa shape index (κ2) is 9.16. The topological polar surface area (TPSA) is 66.7 Å². The Morgan fingerprint density at radius 1 is 0.853 bits per heavy atom. The molecule has 1 aliphatic heterocycles. The van der Waals surface area contributed by atoms with Crippen molar-refractivity contribution in [1.29, 1.82) is 0 Å². The Labute approximate surface area is 204 Å². The van der Waals surface area contributed by atoms with Gasteiger partial charge in [0.05, 0.1) is 4.90 Å². The Bertz CT molecular complexity index is 1390. The molecule has 34 heavy (non-hydrogen) atoms. The normalized spacial score (nSPS) is 14.4. The molecule has 5 rings (SSSR count). The molecule has 8 heteroatoms. The van der Waals surface area contributed by atoms with Crippen LogP contribution in [0.4, 0.5) is 11.6 Å². The number of anilines is 2. The van der Waals surface area contributed by atoms with E-state index >= 15 is 0 Å². The van der Waals surface area contributed by atoms with Crippen molar-refractivity contribution in [2.24, 2.45) is 0 Å². The first-order valence-electron chi connectivity index (χ1n) is 11.1. The van der Waals surface area contributed by atoms with Gasteiger partial charge in [0.2, 0.25) is 26.6 Å². The molecule has 0 spiro atoms. The SMILES string of the molecule is Cc1ccc(-c2nc(S(=O)(=O)c3ccccc3)c(N3CCN(c4cccc(Cl)c4)CC3)o2)cc1. The van der Waals surface area contributed by atoms with Crippen LogP contribution in [0.5, 0.6) is 0 Å². The van der Waals surface area contributed by atoms with E-state index in [0.29, 0.717) is 37.1 Å². The van der Waals surface area contributed by atoms with E-state index in [9.17, 15) is 8.42 Å². The average molecular weight is 494 g/mol. The summed E-state index contributed by atoms with van der Waals surface area (Å²) in [6.07, 6.45) is 0. The van der Waals surface area contributed by atoms with Crippen LogP contribution >= 0.6 is 11.6 Å². The lowest BCUT2D eigenvalue weighted by molar-refractivity contribution is 0.525. The number of nitrogens with zero attached hydrogens (tertiary/aromatic N) is 3. The third-order valence-electron chi connectivity index (χ3n) is 5.93. The molecule has 0 N–H and O–H groups in total. The number of sulfone groups is 1. The molecule has 1 fully saturated rings. The number of aryl methyl sites for hydroxylation is 1. The van der Waals surface area contributed by atoms with Crippen LogP contribution in [0.15, 0.2) is 93.2 Å². The maximum Gasteiger partial charge on any atom is 0.236 e. The molecule has 2 heterocycles. The molecule has 0 saturated carbocycles. The van der Waals surface area contributed by atoms with Gasteiger partial charge < -0.3 is 14.2 Å². The van der Waals surface area contributed by atoms with Crippen LogP contribution in [0.2, 0.25) is 5.02 Å². The van der Waals surface area contributed by atoms with Gasteiger partial charge in [-0.3, -0.25) is 0 Å². The molecule has 174 valence electrons. The summed E-state index contributed by atoms with van der Waals surface area (Å²) in [5, 5.41) is 0.639. The first-order valence-corrected chi connectivity index (χ1v) is 12.9. The zero-order valence-electron chi connectivity index (χ0n) is 18.7.